The zero-order chi connectivity index (χ0) is 18.4. The fraction of sp³-hybridized carbons (Fsp3) is 0.529. The lowest BCUT2D eigenvalue weighted by Crippen LogP contribution is -2.38. The van der Waals surface area contributed by atoms with Crippen molar-refractivity contribution >= 4 is 39.1 Å². The van der Waals surface area contributed by atoms with Crippen LogP contribution >= 0.6 is 11.6 Å². The Morgan fingerprint density at radius 3 is 2.40 bits per heavy atom. The molecule has 6 nitrogen and oxygen atoms in total. The zero-order valence-electron chi connectivity index (χ0n) is 14.2. The van der Waals surface area contributed by atoms with Crippen molar-refractivity contribution in [1.29, 1.82) is 0 Å². The minimum Gasteiger partial charge on any atom is -0.339 e. The van der Waals surface area contributed by atoms with Crippen molar-refractivity contribution in [2.24, 2.45) is 11.8 Å². The van der Waals surface area contributed by atoms with Gasteiger partial charge >= 0.3 is 0 Å². The Morgan fingerprint density at radius 2 is 1.84 bits per heavy atom. The van der Waals surface area contributed by atoms with Crippen LogP contribution in [0.2, 0.25) is 5.02 Å². The van der Waals surface area contributed by atoms with Gasteiger partial charge in [-0.05, 0) is 37.0 Å². The lowest BCUT2D eigenvalue weighted by Gasteiger charge is -2.30. The highest BCUT2D eigenvalue weighted by atomic mass is 35.5. The molecule has 0 saturated carbocycles. The van der Waals surface area contributed by atoms with Gasteiger partial charge in [-0.3, -0.25) is 9.59 Å². The van der Waals surface area contributed by atoms with E-state index in [0.29, 0.717) is 24.6 Å². The molecular formula is C17H21ClN2O4S. The molecule has 8 heteroatoms. The third kappa shape index (κ3) is 3.40. The number of nitrogens with zero attached hydrogens (tertiary/aromatic N) is 2. The van der Waals surface area contributed by atoms with Crippen LogP contribution in [0.15, 0.2) is 18.2 Å². The Kier molecular flexibility index (Phi) is 4.81. The van der Waals surface area contributed by atoms with E-state index >= 15 is 0 Å². The van der Waals surface area contributed by atoms with E-state index < -0.39 is 21.8 Å². The van der Waals surface area contributed by atoms with E-state index in [1.165, 1.54) is 12.1 Å². The molecule has 2 heterocycles. The number of anilines is 1. The van der Waals surface area contributed by atoms with Gasteiger partial charge in [0.05, 0.1) is 22.4 Å². The lowest BCUT2D eigenvalue weighted by atomic mass is 9.98. The molecule has 0 radical (unpaired) electrons. The van der Waals surface area contributed by atoms with Crippen molar-refractivity contribution in [3.05, 3.63) is 28.8 Å². The third-order valence-electron chi connectivity index (χ3n) is 4.84. The number of halogens is 1. The van der Waals surface area contributed by atoms with Crippen LogP contribution in [0.25, 0.3) is 0 Å². The number of carbonyl (C=O) groups excluding carboxylic acids is 2. The van der Waals surface area contributed by atoms with E-state index in [4.69, 9.17) is 11.6 Å². The summed E-state index contributed by atoms with van der Waals surface area (Å²) in [5.74, 6) is -0.951. The number of benzene rings is 1. The summed E-state index contributed by atoms with van der Waals surface area (Å²) in [7, 11) is -3.76. The Labute approximate surface area is 152 Å². The molecule has 2 fully saturated rings. The van der Waals surface area contributed by atoms with Crippen LogP contribution < -0.4 is 4.31 Å². The Balaban J connectivity index is 1.94. The topological polar surface area (TPSA) is 74.8 Å². The summed E-state index contributed by atoms with van der Waals surface area (Å²) in [5, 5.41) is 0.134. The van der Waals surface area contributed by atoms with Gasteiger partial charge in [0.1, 0.15) is 0 Å². The molecule has 2 aliphatic heterocycles. The van der Waals surface area contributed by atoms with E-state index in [1.54, 1.807) is 17.9 Å². The maximum absolute atomic E-state index is 12.7. The van der Waals surface area contributed by atoms with Gasteiger partial charge < -0.3 is 4.90 Å². The van der Waals surface area contributed by atoms with Gasteiger partial charge in [-0.15, -0.1) is 0 Å². The SMILES string of the molecule is CC1CCN(C(=O)c2ccc(Cl)c(N3C(=O)C(C)CS3(=O)=O)c2)CC1. The van der Waals surface area contributed by atoms with Crippen LogP contribution in [-0.2, 0) is 14.8 Å². The average molecular weight is 385 g/mol. The summed E-state index contributed by atoms with van der Waals surface area (Å²) in [5.41, 5.74) is 0.406. The van der Waals surface area contributed by atoms with Crippen LogP contribution in [0.5, 0.6) is 0 Å². The highest BCUT2D eigenvalue weighted by Crippen LogP contribution is 2.35. The van der Waals surface area contributed by atoms with Crippen molar-refractivity contribution in [2.75, 3.05) is 23.1 Å². The standard InChI is InChI=1S/C17H21ClN2O4S/c1-11-5-7-19(8-6-11)17(22)13-3-4-14(18)15(9-13)20-16(21)12(2)10-25(20,23)24/h3-4,9,11-12H,5-8,10H2,1-2H3. The predicted octanol–water partition coefficient (Wildman–Crippen LogP) is 2.52. The average Bonchev–Trinajstić information content (AvgIpc) is 2.76. The summed E-state index contributed by atoms with van der Waals surface area (Å²) < 4.78 is 25.4. The van der Waals surface area contributed by atoms with Gasteiger partial charge in [-0.1, -0.05) is 25.4 Å². The Hall–Kier alpha value is -1.60. The van der Waals surface area contributed by atoms with Crippen LogP contribution in [-0.4, -0.2) is 44.0 Å². The number of likely N-dealkylation sites (tertiary alicyclic amines) is 1. The van der Waals surface area contributed by atoms with Gasteiger partial charge in [-0.25, -0.2) is 12.7 Å². The van der Waals surface area contributed by atoms with E-state index in [1.807, 2.05) is 0 Å². The van der Waals surface area contributed by atoms with E-state index in [0.717, 1.165) is 17.1 Å². The molecule has 25 heavy (non-hydrogen) atoms. The number of carbonyl (C=O) groups is 2. The van der Waals surface area contributed by atoms with Gasteiger partial charge in [0.2, 0.25) is 15.9 Å². The third-order valence-corrected chi connectivity index (χ3v) is 7.02. The molecule has 2 amide bonds. The first-order chi connectivity index (χ1) is 11.7. The quantitative estimate of drug-likeness (QED) is 0.785. The van der Waals surface area contributed by atoms with Gasteiger partial charge in [0.15, 0.2) is 0 Å². The van der Waals surface area contributed by atoms with Crippen molar-refractivity contribution < 1.29 is 18.0 Å². The summed E-state index contributed by atoms with van der Waals surface area (Å²) >= 11 is 6.14. The maximum atomic E-state index is 12.7. The predicted molar refractivity (Wildman–Crippen MR) is 96.2 cm³/mol. The Morgan fingerprint density at radius 1 is 1.20 bits per heavy atom. The number of amides is 2. The second-order valence-corrected chi connectivity index (χ2v) is 9.19. The summed E-state index contributed by atoms with van der Waals surface area (Å²) in [6, 6.07) is 4.46. The Bertz CT molecular complexity index is 816. The zero-order valence-corrected chi connectivity index (χ0v) is 15.8. The first kappa shape index (κ1) is 18.2. The minimum atomic E-state index is -3.76. The van der Waals surface area contributed by atoms with Gasteiger partial charge in [-0.2, -0.15) is 0 Å². The fourth-order valence-electron chi connectivity index (χ4n) is 3.26. The smallest absolute Gasteiger partial charge is 0.253 e. The van der Waals surface area contributed by atoms with Crippen molar-refractivity contribution in [3.63, 3.8) is 0 Å². The number of sulfonamides is 1. The number of rotatable bonds is 2. The van der Waals surface area contributed by atoms with Crippen molar-refractivity contribution in [3.8, 4) is 0 Å². The molecule has 0 aromatic heterocycles. The monoisotopic (exact) mass is 384 g/mol. The summed E-state index contributed by atoms with van der Waals surface area (Å²) in [4.78, 5) is 26.8. The fourth-order valence-corrected chi connectivity index (χ4v) is 5.34. The lowest BCUT2D eigenvalue weighted by molar-refractivity contribution is -0.119. The molecule has 0 bridgehead atoms. The van der Waals surface area contributed by atoms with Crippen LogP contribution in [0.1, 0.15) is 37.0 Å². The molecule has 0 aliphatic carbocycles. The molecule has 1 aromatic carbocycles. The van der Waals surface area contributed by atoms with Crippen molar-refractivity contribution in [1.82, 2.24) is 4.90 Å². The molecule has 1 atom stereocenters. The van der Waals surface area contributed by atoms with Crippen LogP contribution in [0.4, 0.5) is 5.69 Å². The maximum Gasteiger partial charge on any atom is 0.253 e. The molecule has 1 unspecified atom stereocenters. The summed E-state index contributed by atoms with van der Waals surface area (Å²) in [6.45, 7) is 5.08. The number of hydrogen-bond acceptors (Lipinski definition) is 4. The largest absolute Gasteiger partial charge is 0.339 e. The second kappa shape index (κ2) is 6.61. The molecular weight excluding hydrogens is 364 g/mol. The molecule has 3 rings (SSSR count). The normalized spacial score (nSPS) is 24.0. The molecule has 2 aliphatic rings. The number of piperidine rings is 1. The molecule has 0 N–H and O–H groups in total. The first-order valence-corrected chi connectivity index (χ1v) is 10.3. The number of hydrogen-bond donors (Lipinski definition) is 0. The van der Waals surface area contributed by atoms with Crippen LogP contribution in [0, 0.1) is 11.8 Å². The van der Waals surface area contributed by atoms with Crippen LogP contribution in [0.3, 0.4) is 0 Å². The summed E-state index contributed by atoms with van der Waals surface area (Å²) in [6.07, 6.45) is 1.89. The minimum absolute atomic E-state index is 0.0623. The first-order valence-electron chi connectivity index (χ1n) is 8.36. The van der Waals surface area contributed by atoms with Gasteiger partial charge in [0.25, 0.3) is 5.91 Å². The highest BCUT2D eigenvalue weighted by molar-refractivity contribution is 7.94. The van der Waals surface area contributed by atoms with E-state index in [2.05, 4.69) is 6.92 Å². The highest BCUT2D eigenvalue weighted by Gasteiger charge is 2.43. The molecule has 1 aromatic rings. The van der Waals surface area contributed by atoms with E-state index in [-0.39, 0.29) is 22.4 Å². The van der Waals surface area contributed by atoms with Crippen molar-refractivity contribution in [2.45, 2.75) is 26.7 Å². The molecule has 136 valence electrons. The van der Waals surface area contributed by atoms with Gasteiger partial charge in [0, 0.05) is 18.7 Å². The van der Waals surface area contributed by atoms with E-state index in [9.17, 15) is 18.0 Å². The molecule has 2 saturated heterocycles. The second-order valence-electron chi connectivity index (χ2n) is 6.92. The molecule has 0 spiro atoms.